The van der Waals surface area contributed by atoms with E-state index >= 15 is 0 Å². The average molecular weight is 468 g/mol. The molecule has 1 saturated heterocycles. The lowest BCUT2D eigenvalue weighted by Gasteiger charge is -2.15. The SMILES string of the molecule is CSc1cccc(N2C(=O)C(=Cc3ccc(-c4ccc(C(=O)O)cc4C)o3)SC2=S)c1. The zero-order valence-electron chi connectivity index (χ0n) is 16.6. The van der Waals surface area contributed by atoms with Crippen molar-refractivity contribution < 1.29 is 19.1 Å². The minimum absolute atomic E-state index is 0.187. The van der Waals surface area contributed by atoms with E-state index in [9.17, 15) is 9.59 Å². The number of thiocarbonyl (C=S) groups is 1. The molecule has 156 valence electrons. The smallest absolute Gasteiger partial charge is 0.335 e. The summed E-state index contributed by atoms with van der Waals surface area (Å²) >= 11 is 8.28. The summed E-state index contributed by atoms with van der Waals surface area (Å²) in [5.41, 5.74) is 2.56. The van der Waals surface area contributed by atoms with E-state index in [1.165, 1.54) is 16.7 Å². The van der Waals surface area contributed by atoms with E-state index in [0.29, 0.717) is 20.7 Å². The van der Waals surface area contributed by atoms with Crippen LogP contribution in [0.2, 0.25) is 0 Å². The first kappa shape index (κ1) is 21.4. The molecule has 0 unspecified atom stereocenters. The Hall–Kier alpha value is -2.81. The maximum absolute atomic E-state index is 13.0. The first-order chi connectivity index (χ1) is 14.9. The van der Waals surface area contributed by atoms with Gasteiger partial charge in [-0.3, -0.25) is 9.69 Å². The number of rotatable bonds is 5. The molecule has 0 bridgehead atoms. The zero-order chi connectivity index (χ0) is 22.1. The summed E-state index contributed by atoms with van der Waals surface area (Å²) < 4.78 is 6.39. The van der Waals surface area contributed by atoms with Crippen molar-refractivity contribution in [3.63, 3.8) is 0 Å². The minimum Gasteiger partial charge on any atom is -0.478 e. The Balaban J connectivity index is 1.60. The van der Waals surface area contributed by atoms with Crippen molar-refractivity contribution in [2.75, 3.05) is 11.2 Å². The highest BCUT2D eigenvalue weighted by atomic mass is 32.2. The van der Waals surface area contributed by atoms with Crippen molar-refractivity contribution in [3.05, 3.63) is 76.4 Å². The summed E-state index contributed by atoms with van der Waals surface area (Å²) in [5.74, 6) is -0.0352. The molecule has 1 amide bonds. The van der Waals surface area contributed by atoms with E-state index in [4.69, 9.17) is 21.7 Å². The Morgan fingerprint density at radius 3 is 2.71 bits per heavy atom. The average Bonchev–Trinajstić information content (AvgIpc) is 3.32. The van der Waals surface area contributed by atoms with Crippen LogP contribution in [0.1, 0.15) is 21.7 Å². The third-order valence-corrected chi connectivity index (χ3v) is 6.77. The van der Waals surface area contributed by atoms with Gasteiger partial charge in [-0.2, -0.15) is 0 Å². The monoisotopic (exact) mass is 467 g/mol. The Labute approximate surface area is 193 Å². The maximum Gasteiger partial charge on any atom is 0.335 e. The van der Waals surface area contributed by atoms with Crippen molar-refractivity contribution in [2.45, 2.75) is 11.8 Å². The predicted molar refractivity (Wildman–Crippen MR) is 130 cm³/mol. The molecule has 0 radical (unpaired) electrons. The first-order valence-corrected chi connectivity index (χ1v) is 11.7. The fraction of sp³-hybridized carbons (Fsp3) is 0.0870. The molecule has 2 aromatic carbocycles. The zero-order valence-corrected chi connectivity index (χ0v) is 19.1. The summed E-state index contributed by atoms with van der Waals surface area (Å²) in [5, 5.41) is 9.13. The first-order valence-electron chi connectivity index (χ1n) is 9.23. The highest BCUT2D eigenvalue weighted by molar-refractivity contribution is 8.27. The Morgan fingerprint density at radius 2 is 2.00 bits per heavy atom. The second-order valence-corrected chi connectivity index (χ2v) is 9.31. The fourth-order valence-electron chi connectivity index (χ4n) is 3.22. The summed E-state index contributed by atoms with van der Waals surface area (Å²) in [4.78, 5) is 27.2. The molecule has 1 N–H and O–H groups in total. The van der Waals surface area contributed by atoms with Gasteiger partial charge in [-0.15, -0.1) is 11.8 Å². The number of hydrogen-bond donors (Lipinski definition) is 1. The number of carbonyl (C=O) groups is 2. The summed E-state index contributed by atoms with van der Waals surface area (Å²) in [7, 11) is 0. The van der Waals surface area contributed by atoms with Gasteiger partial charge < -0.3 is 9.52 Å². The molecular weight excluding hydrogens is 450 g/mol. The van der Waals surface area contributed by atoms with Gasteiger partial charge >= 0.3 is 5.97 Å². The van der Waals surface area contributed by atoms with Crippen molar-refractivity contribution in [1.82, 2.24) is 0 Å². The number of carboxylic acids is 1. The number of aromatic carboxylic acids is 1. The number of carboxylic acid groups (broad SMARTS) is 1. The van der Waals surface area contributed by atoms with Crippen LogP contribution in [0, 0.1) is 6.92 Å². The number of furan rings is 1. The molecule has 1 aliphatic rings. The standard InChI is InChI=1S/C23H17NO4S3/c1-13-10-14(22(26)27)6-8-18(13)19-9-7-16(28-19)12-20-21(25)24(23(29)31-20)15-4-3-5-17(11-15)30-2/h3-12H,1-2H3,(H,26,27). The minimum atomic E-state index is -0.972. The molecule has 8 heteroatoms. The number of benzene rings is 2. The van der Waals surface area contributed by atoms with Gasteiger partial charge in [0.05, 0.1) is 16.2 Å². The van der Waals surface area contributed by atoms with E-state index in [0.717, 1.165) is 21.7 Å². The molecule has 1 fully saturated rings. The van der Waals surface area contributed by atoms with Crippen LogP contribution in [-0.4, -0.2) is 27.6 Å². The number of carbonyl (C=O) groups excluding carboxylic acids is 1. The number of aryl methyl sites for hydroxylation is 1. The lowest BCUT2D eigenvalue weighted by atomic mass is 10.0. The maximum atomic E-state index is 13.0. The molecular formula is C23H17NO4S3. The molecule has 4 rings (SSSR count). The van der Waals surface area contributed by atoms with E-state index in [1.54, 1.807) is 48.2 Å². The second kappa shape index (κ2) is 8.74. The van der Waals surface area contributed by atoms with Crippen LogP contribution < -0.4 is 4.90 Å². The van der Waals surface area contributed by atoms with Gasteiger partial charge in [0.15, 0.2) is 4.32 Å². The van der Waals surface area contributed by atoms with E-state index in [-0.39, 0.29) is 11.5 Å². The predicted octanol–water partition coefficient (Wildman–Crippen LogP) is 6.08. The molecule has 5 nitrogen and oxygen atoms in total. The molecule has 31 heavy (non-hydrogen) atoms. The third-order valence-electron chi connectivity index (χ3n) is 4.74. The summed E-state index contributed by atoms with van der Waals surface area (Å²) in [6.45, 7) is 1.83. The van der Waals surface area contributed by atoms with Crippen LogP contribution in [0.15, 0.2) is 68.8 Å². The molecule has 2 heterocycles. The Kier molecular flexibility index (Phi) is 6.04. The number of hydrogen-bond acceptors (Lipinski definition) is 6. The normalized spacial score (nSPS) is 15.2. The molecule has 0 atom stereocenters. The van der Waals surface area contributed by atoms with Crippen LogP contribution in [-0.2, 0) is 4.79 Å². The lowest BCUT2D eigenvalue weighted by molar-refractivity contribution is -0.113. The molecule has 0 aliphatic carbocycles. The van der Waals surface area contributed by atoms with Crippen LogP contribution in [0.5, 0.6) is 0 Å². The van der Waals surface area contributed by atoms with Crippen LogP contribution in [0.25, 0.3) is 17.4 Å². The number of thioether (sulfide) groups is 2. The van der Waals surface area contributed by atoms with E-state index in [1.807, 2.05) is 37.4 Å². The van der Waals surface area contributed by atoms with Crippen LogP contribution >= 0.6 is 35.7 Å². The molecule has 1 aliphatic heterocycles. The van der Waals surface area contributed by atoms with Gasteiger partial charge in [0, 0.05) is 16.5 Å². The van der Waals surface area contributed by atoms with Gasteiger partial charge in [-0.25, -0.2) is 4.79 Å². The van der Waals surface area contributed by atoms with Gasteiger partial charge in [-0.1, -0.05) is 36.1 Å². The topological polar surface area (TPSA) is 70.8 Å². The van der Waals surface area contributed by atoms with Gasteiger partial charge in [0.25, 0.3) is 5.91 Å². The highest BCUT2D eigenvalue weighted by Gasteiger charge is 2.33. The number of nitrogens with zero attached hydrogens (tertiary/aromatic N) is 1. The van der Waals surface area contributed by atoms with Crippen molar-refractivity contribution in [3.8, 4) is 11.3 Å². The number of anilines is 1. The van der Waals surface area contributed by atoms with Gasteiger partial charge in [0.2, 0.25) is 0 Å². The molecule has 3 aromatic rings. The fourth-order valence-corrected chi connectivity index (χ4v) is 4.95. The van der Waals surface area contributed by atoms with E-state index in [2.05, 4.69) is 0 Å². The summed E-state index contributed by atoms with van der Waals surface area (Å²) in [6, 6.07) is 16.1. The largest absolute Gasteiger partial charge is 0.478 e. The van der Waals surface area contributed by atoms with Crippen molar-refractivity contribution in [1.29, 1.82) is 0 Å². The van der Waals surface area contributed by atoms with Crippen molar-refractivity contribution in [2.24, 2.45) is 0 Å². The van der Waals surface area contributed by atoms with Crippen molar-refractivity contribution >= 4 is 63.7 Å². The number of amides is 1. The third kappa shape index (κ3) is 4.32. The molecule has 1 aromatic heterocycles. The Morgan fingerprint density at radius 1 is 1.19 bits per heavy atom. The second-order valence-electron chi connectivity index (χ2n) is 6.76. The van der Waals surface area contributed by atoms with Crippen LogP contribution in [0.3, 0.4) is 0 Å². The summed E-state index contributed by atoms with van der Waals surface area (Å²) in [6.07, 6.45) is 3.66. The molecule has 0 spiro atoms. The highest BCUT2D eigenvalue weighted by Crippen LogP contribution is 2.37. The van der Waals surface area contributed by atoms with Crippen LogP contribution in [0.4, 0.5) is 5.69 Å². The lowest BCUT2D eigenvalue weighted by Crippen LogP contribution is -2.27. The molecule has 0 saturated carbocycles. The van der Waals surface area contributed by atoms with Gasteiger partial charge in [0.1, 0.15) is 11.5 Å². The van der Waals surface area contributed by atoms with Gasteiger partial charge in [-0.05, 0) is 61.2 Å². The van der Waals surface area contributed by atoms with E-state index < -0.39 is 5.97 Å². The quantitative estimate of drug-likeness (QED) is 0.277. The Bertz CT molecular complexity index is 1250.